The summed E-state index contributed by atoms with van der Waals surface area (Å²) in [4.78, 5) is 12.7. The smallest absolute Gasteiger partial charge is 0.255 e. The Bertz CT molecular complexity index is 799. The molecule has 2 aromatic rings. The van der Waals surface area contributed by atoms with Gasteiger partial charge in [-0.1, -0.05) is 6.07 Å². The van der Waals surface area contributed by atoms with E-state index in [9.17, 15) is 4.79 Å². The maximum atomic E-state index is 12.7. The number of carbonyl (C=O) groups excluding carboxylic acids is 1. The highest BCUT2D eigenvalue weighted by molar-refractivity contribution is 6.05. The second-order valence-electron chi connectivity index (χ2n) is 6.45. The number of ether oxygens (including phenoxy) is 4. The van der Waals surface area contributed by atoms with E-state index in [1.165, 1.54) is 0 Å². The third-order valence-corrected chi connectivity index (χ3v) is 4.53. The zero-order chi connectivity index (χ0) is 19.2. The van der Waals surface area contributed by atoms with Gasteiger partial charge in [0.05, 0.1) is 20.3 Å². The van der Waals surface area contributed by atoms with Crippen molar-refractivity contribution in [2.75, 3.05) is 32.8 Å². The molecule has 1 fully saturated rings. The Labute approximate surface area is 159 Å². The fourth-order valence-corrected chi connectivity index (χ4v) is 3.00. The average molecular weight is 371 g/mol. The number of hydrogen-bond acceptors (Lipinski definition) is 5. The standard InChI is InChI=1S/C21H25NO5/c1-14-10-19(24-2)20(25-3)12-18(14)22-21(23)15-6-4-7-16(11-15)27-13-17-8-5-9-26-17/h4,6-7,10-12,17H,5,8-9,13H2,1-3H3,(H,22,23)/t17-/m0/s1. The van der Waals surface area contributed by atoms with Gasteiger partial charge in [-0.25, -0.2) is 0 Å². The van der Waals surface area contributed by atoms with Crippen molar-refractivity contribution < 1.29 is 23.7 Å². The fraction of sp³-hybridized carbons (Fsp3) is 0.381. The van der Waals surface area contributed by atoms with Crippen molar-refractivity contribution in [3.05, 3.63) is 47.5 Å². The van der Waals surface area contributed by atoms with Gasteiger partial charge in [0, 0.05) is 23.9 Å². The van der Waals surface area contributed by atoms with E-state index in [2.05, 4.69) is 5.32 Å². The van der Waals surface area contributed by atoms with Gasteiger partial charge in [-0.3, -0.25) is 4.79 Å². The van der Waals surface area contributed by atoms with Gasteiger partial charge in [0.2, 0.25) is 0 Å². The topological polar surface area (TPSA) is 66.0 Å². The SMILES string of the molecule is COc1cc(C)c(NC(=O)c2cccc(OC[C@@H]3CCCO3)c2)cc1OC. The number of amides is 1. The Hall–Kier alpha value is -2.73. The first-order valence-electron chi connectivity index (χ1n) is 8.99. The highest BCUT2D eigenvalue weighted by Gasteiger charge is 2.17. The number of methoxy groups -OCH3 is 2. The Morgan fingerprint density at radius 3 is 2.67 bits per heavy atom. The summed E-state index contributed by atoms with van der Waals surface area (Å²) in [5.74, 6) is 1.62. The van der Waals surface area contributed by atoms with Gasteiger partial charge in [0.25, 0.3) is 5.91 Å². The van der Waals surface area contributed by atoms with Crippen LogP contribution >= 0.6 is 0 Å². The third-order valence-electron chi connectivity index (χ3n) is 4.53. The number of anilines is 1. The van der Waals surface area contributed by atoms with E-state index in [1.807, 2.05) is 19.1 Å². The van der Waals surface area contributed by atoms with Crippen molar-refractivity contribution in [2.45, 2.75) is 25.9 Å². The molecule has 1 heterocycles. The van der Waals surface area contributed by atoms with Crippen LogP contribution in [-0.2, 0) is 4.74 Å². The number of aryl methyl sites for hydroxylation is 1. The summed E-state index contributed by atoms with van der Waals surface area (Å²) in [6.45, 7) is 3.19. The highest BCUT2D eigenvalue weighted by Crippen LogP contribution is 2.33. The second-order valence-corrected chi connectivity index (χ2v) is 6.45. The molecule has 0 saturated carbocycles. The molecule has 6 nitrogen and oxygen atoms in total. The summed E-state index contributed by atoms with van der Waals surface area (Å²) in [6.07, 6.45) is 2.22. The summed E-state index contributed by atoms with van der Waals surface area (Å²) in [5, 5.41) is 2.92. The number of hydrogen-bond donors (Lipinski definition) is 1. The van der Waals surface area contributed by atoms with Crippen LogP contribution in [0.5, 0.6) is 17.2 Å². The predicted molar refractivity (Wildman–Crippen MR) is 103 cm³/mol. The van der Waals surface area contributed by atoms with Crippen molar-refractivity contribution in [3.8, 4) is 17.2 Å². The van der Waals surface area contributed by atoms with Gasteiger partial charge in [-0.15, -0.1) is 0 Å². The van der Waals surface area contributed by atoms with E-state index >= 15 is 0 Å². The Morgan fingerprint density at radius 1 is 1.19 bits per heavy atom. The normalized spacial score (nSPS) is 16.0. The largest absolute Gasteiger partial charge is 0.493 e. The van der Waals surface area contributed by atoms with Crippen LogP contribution in [0.4, 0.5) is 5.69 Å². The van der Waals surface area contributed by atoms with Crippen LogP contribution < -0.4 is 19.5 Å². The number of rotatable bonds is 7. The lowest BCUT2D eigenvalue weighted by Gasteiger charge is -2.14. The minimum absolute atomic E-state index is 0.136. The lowest BCUT2D eigenvalue weighted by atomic mass is 10.1. The third kappa shape index (κ3) is 4.71. The molecule has 1 N–H and O–H groups in total. The Morgan fingerprint density at radius 2 is 1.96 bits per heavy atom. The quantitative estimate of drug-likeness (QED) is 0.801. The Balaban J connectivity index is 1.69. The molecule has 1 atom stereocenters. The lowest BCUT2D eigenvalue weighted by molar-refractivity contribution is 0.0679. The molecule has 1 amide bonds. The van der Waals surface area contributed by atoms with Crippen LogP contribution in [-0.4, -0.2) is 39.4 Å². The number of nitrogens with one attached hydrogen (secondary N) is 1. The van der Waals surface area contributed by atoms with Crippen LogP contribution in [0.2, 0.25) is 0 Å². The minimum Gasteiger partial charge on any atom is -0.493 e. The van der Waals surface area contributed by atoms with Gasteiger partial charge >= 0.3 is 0 Å². The fourth-order valence-electron chi connectivity index (χ4n) is 3.00. The van der Waals surface area contributed by atoms with E-state index in [0.29, 0.717) is 35.1 Å². The van der Waals surface area contributed by atoms with E-state index in [0.717, 1.165) is 25.0 Å². The maximum Gasteiger partial charge on any atom is 0.255 e. The highest BCUT2D eigenvalue weighted by atomic mass is 16.5. The molecule has 3 rings (SSSR count). The van der Waals surface area contributed by atoms with E-state index < -0.39 is 0 Å². The molecule has 144 valence electrons. The monoisotopic (exact) mass is 371 g/mol. The molecule has 1 aliphatic rings. The molecule has 0 unspecified atom stereocenters. The van der Waals surface area contributed by atoms with Gasteiger partial charge in [-0.05, 0) is 49.6 Å². The van der Waals surface area contributed by atoms with Crippen molar-refractivity contribution >= 4 is 11.6 Å². The van der Waals surface area contributed by atoms with E-state index in [4.69, 9.17) is 18.9 Å². The van der Waals surface area contributed by atoms with Gasteiger partial charge in [-0.2, -0.15) is 0 Å². The number of benzene rings is 2. The molecule has 0 radical (unpaired) electrons. The molecule has 1 aliphatic heterocycles. The van der Waals surface area contributed by atoms with E-state index in [-0.39, 0.29) is 12.0 Å². The summed E-state index contributed by atoms with van der Waals surface area (Å²) in [7, 11) is 3.14. The Kier molecular flexibility index (Phi) is 6.19. The second kappa shape index (κ2) is 8.77. The van der Waals surface area contributed by atoms with Crippen molar-refractivity contribution in [1.29, 1.82) is 0 Å². The summed E-state index contributed by atoms with van der Waals surface area (Å²) >= 11 is 0. The zero-order valence-electron chi connectivity index (χ0n) is 15.9. The molecule has 0 bridgehead atoms. The number of carbonyl (C=O) groups is 1. The minimum atomic E-state index is -0.215. The van der Waals surface area contributed by atoms with Gasteiger partial charge in [0.15, 0.2) is 11.5 Å². The van der Waals surface area contributed by atoms with Crippen molar-refractivity contribution in [1.82, 2.24) is 0 Å². The lowest BCUT2D eigenvalue weighted by Crippen LogP contribution is -2.17. The first-order chi connectivity index (χ1) is 13.1. The molecule has 0 aromatic heterocycles. The van der Waals surface area contributed by atoms with Crippen LogP contribution in [0.15, 0.2) is 36.4 Å². The van der Waals surface area contributed by atoms with Crippen LogP contribution in [0.3, 0.4) is 0 Å². The molecule has 2 aromatic carbocycles. The molecular weight excluding hydrogens is 346 g/mol. The molecule has 27 heavy (non-hydrogen) atoms. The molecule has 0 spiro atoms. The van der Waals surface area contributed by atoms with Crippen molar-refractivity contribution in [3.63, 3.8) is 0 Å². The first-order valence-corrected chi connectivity index (χ1v) is 8.99. The van der Waals surface area contributed by atoms with E-state index in [1.54, 1.807) is 38.5 Å². The maximum absolute atomic E-state index is 12.7. The molecular formula is C21H25NO5. The summed E-state index contributed by atoms with van der Waals surface area (Å²) in [5.41, 5.74) is 2.07. The average Bonchev–Trinajstić information content (AvgIpc) is 3.21. The van der Waals surface area contributed by atoms with Gasteiger partial charge < -0.3 is 24.3 Å². The van der Waals surface area contributed by atoms with Gasteiger partial charge in [0.1, 0.15) is 12.4 Å². The predicted octanol–water partition coefficient (Wildman–Crippen LogP) is 3.82. The molecule has 1 saturated heterocycles. The molecule has 0 aliphatic carbocycles. The first kappa shape index (κ1) is 19.0. The van der Waals surface area contributed by atoms with Crippen LogP contribution in [0.1, 0.15) is 28.8 Å². The van der Waals surface area contributed by atoms with Crippen LogP contribution in [0.25, 0.3) is 0 Å². The summed E-state index contributed by atoms with van der Waals surface area (Å²) < 4.78 is 21.9. The van der Waals surface area contributed by atoms with Crippen LogP contribution in [0, 0.1) is 6.92 Å². The molecule has 6 heteroatoms. The van der Waals surface area contributed by atoms with Crippen molar-refractivity contribution in [2.24, 2.45) is 0 Å². The zero-order valence-corrected chi connectivity index (χ0v) is 15.9. The summed E-state index contributed by atoms with van der Waals surface area (Å²) in [6, 6.07) is 10.7.